The highest BCUT2D eigenvalue weighted by molar-refractivity contribution is 9.10. The average molecular weight is 318 g/mol. The molecule has 1 saturated carbocycles. The monoisotopic (exact) mass is 317 g/mol. The standard InChI is InChI=1S/C13H17BrFNO2/c1-13(17,7-16-10-3-4-10)8-18-12-5-2-9(14)6-11(12)15/h2,5-6,10,16-17H,3-4,7-8H2,1H3. The lowest BCUT2D eigenvalue weighted by Gasteiger charge is -2.24. The predicted molar refractivity (Wildman–Crippen MR) is 71.2 cm³/mol. The lowest BCUT2D eigenvalue weighted by atomic mass is 10.1. The van der Waals surface area contributed by atoms with Crippen molar-refractivity contribution >= 4 is 15.9 Å². The zero-order valence-corrected chi connectivity index (χ0v) is 11.8. The Morgan fingerprint density at radius 3 is 2.89 bits per heavy atom. The van der Waals surface area contributed by atoms with Crippen molar-refractivity contribution in [3.8, 4) is 5.75 Å². The van der Waals surface area contributed by atoms with Gasteiger partial charge in [-0.15, -0.1) is 0 Å². The van der Waals surface area contributed by atoms with Crippen molar-refractivity contribution < 1.29 is 14.2 Å². The maximum Gasteiger partial charge on any atom is 0.166 e. The summed E-state index contributed by atoms with van der Waals surface area (Å²) in [7, 11) is 0. The number of hydrogen-bond donors (Lipinski definition) is 2. The molecule has 0 spiro atoms. The van der Waals surface area contributed by atoms with E-state index in [-0.39, 0.29) is 12.4 Å². The van der Waals surface area contributed by atoms with Gasteiger partial charge in [-0.3, -0.25) is 0 Å². The van der Waals surface area contributed by atoms with Crippen molar-refractivity contribution in [2.45, 2.75) is 31.4 Å². The van der Waals surface area contributed by atoms with Crippen LogP contribution in [0.2, 0.25) is 0 Å². The van der Waals surface area contributed by atoms with Gasteiger partial charge in [-0.25, -0.2) is 4.39 Å². The van der Waals surface area contributed by atoms with E-state index in [1.165, 1.54) is 6.07 Å². The topological polar surface area (TPSA) is 41.5 Å². The smallest absolute Gasteiger partial charge is 0.166 e. The van der Waals surface area contributed by atoms with Crippen LogP contribution in [0.4, 0.5) is 4.39 Å². The first-order valence-corrected chi connectivity index (χ1v) is 6.79. The van der Waals surface area contributed by atoms with Crippen molar-refractivity contribution in [1.29, 1.82) is 0 Å². The fourth-order valence-electron chi connectivity index (χ4n) is 1.53. The molecule has 1 aliphatic carbocycles. The van der Waals surface area contributed by atoms with Crippen molar-refractivity contribution in [3.05, 3.63) is 28.5 Å². The SMILES string of the molecule is CC(O)(CNC1CC1)COc1ccc(Br)cc1F. The molecule has 0 aliphatic heterocycles. The minimum Gasteiger partial charge on any atom is -0.487 e. The molecule has 1 aliphatic rings. The Balaban J connectivity index is 1.84. The van der Waals surface area contributed by atoms with Gasteiger partial charge in [-0.1, -0.05) is 15.9 Å². The summed E-state index contributed by atoms with van der Waals surface area (Å²) in [5.41, 5.74) is -0.998. The molecule has 5 heteroatoms. The Kier molecular flexibility index (Phi) is 4.25. The van der Waals surface area contributed by atoms with Crippen molar-refractivity contribution in [2.24, 2.45) is 0 Å². The van der Waals surface area contributed by atoms with E-state index >= 15 is 0 Å². The second kappa shape index (κ2) is 5.55. The van der Waals surface area contributed by atoms with Gasteiger partial charge >= 0.3 is 0 Å². The van der Waals surface area contributed by atoms with Gasteiger partial charge in [-0.2, -0.15) is 0 Å². The second-order valence-electron chi connectivity index (χ2n) is 5.02. The Labute approximate surface area is 114 Å². The molecule has 1 aromatic carbocycles. The Bertz CT molecular complexity index is 421. The lowest BCUT2D eigenvalue weighted by molar-refractivity contribution is 0.0109. The highest BCUT2D eigenvalue weighted by atomic mass is 79.9. The molecule has 18 heavy (non-hydrogen) atoms. The molecule has 0 heterocycles. The summed E-state index contributed by atoms with van der Waals surface area (Å²) in [5, 5.41) is 13.3. The first-order chi connectivity index (χ1) is 8.46. The van der Waals surface area contributed by atoms with Gasteiger partial charge in [0.2, 0.25) is 0 Å². The molecule has 2 N–H and O–H groups in total. The molecule has 1 aromatic rings. The number of aliphatic hydroxyl groups is 1. The molecule has 1 unspecified atom stereocenters. The summed E-state index contributed by atoms with van der Waals surface area (Å²) in [6.07, 6.45) is 2.33. The van der Waals surface area contributed by atoms with E-state index in [9.17, 15) is 9.50 Å². The van der Waals surface area contributed by atoms with Crippen LogP contribution in [0, 0.1) is 5.82 Å². The summed E-state index contributed by atoms with van der Waals surface area (Å²) in [5.74, 6) is -0.278. The van der Waals surface area contributed by atoms with Crippen LogP contribution in [-0.2, 0) is 0 Å². The molecular weight excluding hydrogens is 301 g/mol. The summed E-state index contributed by atoms with van der Waals surface area (Å²) in [4.78, 5) is 0. The Morgan fingerprint density at radius 2 is 2.28 bits per heavy atom. The summed E-state index contributed by atoms with van der Waals surface area (Å²) >= 11 is 3.18. The molecule has 1 atom stereocenters. The lowest BCUT2D eigenvalue weighted by Crippen LogP contribution is -2.43. The van der Waals surface area contributed by atoms with Crippen LogP contribution in [0.15, 0.2) is 22.7 Å². The highest BCUT2D eigenvalue weighted by Gasteiger charge is 2.27. The quantitative estimate of drug-likeness (QED) is 0.847. The number of halogens is 2. The van der Waals surface area contributed by atoms with Gasteiger partial charge in [-0.05, 0) is 38.0 Å². The molecule has 1 fully saturated rings. The third-order valence-electron chi connectivity index (χ3n) is 2.78. The number of benzene rings is 1. The number of hydrogen-bond acceptors (Lipinski definition) is 3. The van der Waals surface area contributed by atoms with Gasteiger partial charge in [0.15, 0.2) is 11.6 Å². The third kappa shape index (κ3) is 4.23. The van der Waals surface area contributed by atoms with E-state index in [1.807, 2.05) is 0 Å². The van der Waals surface area contributed by atoms with E-state index in [0.717, 1.165) is 12.8 Å². The molecule has 0 amide bonds. The van der Waals surface area contributed by atoms with Crippen LogP contribution >= 0.6 is 15.9 Å². The molecule has 100 valence electrons. The first kappa shape index (κ1) is 13.8. The number of nitrogens with one attached hydrogen (secondary N) is 1. The van der Waals surface area contributed by atoms with Crippen LogP contribution in [-0.4, -0.2) is 29.9 Å². The van der Waals surface area contributed by atoms with Gasteiger partial charge in [0.25, 0.3) is 0 Å². The van der Waals surface area contributed by atoms with Gasteiger partial charge in [0.05, 0.1) is 0 Å². The van der Waals surface area contributed by atoms with E-state index in [1.54, 1.807) is 19.1 Å². The normalized spacial score (nSPS) is 18.4. The fraction of sp³-hybridized carbons (Fsp3) is 0.538. The van der Waals surface area contributed by atoms with Crippen LogP contribution in [0.5, 0.6) is 5.75 Å². The van der Waals surface area contributed by atoms with Gasteiger partial charge < -0.3 is 15.2 Å². The van der Waals surface area contributed by atoms with Gasteiger partial charge in [0.1, 0.15) is 12.2 Å². The summed E-state index contributed by atoms with van der Waals surface area (Å²) < 4.78 is 19.5. The molecule has 0 radical (unpaired) electrons. The van der Waals surface area contributed by atoms with Gasteiger partial charge in [0, 0.05) is 17.1 Å². The van der Waals surface area contributed by atoms with Crippen molar-refractivity contribution in [1.82, 2.24) is 5.32 Å². The largest absolute Gasteiger partial charge is 0.487 e. The number of ether oxygens (including phenoxy) is 1. The molecule has 0 aromatic heterocycles. The van der Waals surface area contributed by atoms with Crippen LogP contribution in [0.1, 0.15) is 19.8 Å². The van der Waals surface area contributed by atoms with Crippen LogP contribution in [0.25, 0.3) is 0 Å². The van der Waals surface area contributed by atoms with E-state index in [2.05, 4.69) is 21.2 Å². The second-order valence-corrected chi connectivity index (χ2v) is 5.93. The van der Waals surface area contributed by atoms with Crippen LogP contribution in [0.3, 0.4) is 0 Å². The average Bonchev–Trinajstić information content (AvgIpc) is 3.09. The predicted octanol–water partition coefficient (Wildman–Crippen LogP) is 2.47. The number of rotatable bonds is 6. The zero-order chi connectivity index (χ0) is 13.2. The highest BCUT2D eigenvalue weighted by Crippen LogP contribution is 2.23. The first-order valence-electron chi connectivity index (χ1n) is 6.00. The molecule has 0 bridgehead atoms. The Hall–Kier alpha value is -0.650. The van der Waals surface area contributed by atoms with Crippen LogP contribution < -0.4 is 10.1 Å². The summed E-state index contributed by atoms with van der Waals surface area (Å²) in [6, 6.07) is 5.12. The minimum atomic E-state index is -0.998. The summed E-state index contributed by atoms with van der Waals surface area (Å²) in [6.45, 7) is 2.19. The third-order valence-corrected chi connectivity index (χ3v) is 3.27. The molecule has 2 rings (SSSR count). The van der Waals surface area contributed by atoms with E-state index in [0.29, 0.717) is 17.1 Å². The van der Waals surface area contributed by atoms with Crippen molar-refractivity contribution in [2.75, 3.05) is 13.2 Å². The fourth-order valence-corrected chi connectivity index (χ4v) is 1.86. The van der Waals surface area contributed by atoms with Crippen molar-refractivity contribution in [3.63, 3.8) is 0 Å². The Morgan fingerprint density at radius 1 is 1.56 bits per heavy atom. The molecule has 3 nitrogen and oxygen atoms in total. The molecule has 0 saturated heterocycles. The zero-order valence-electron chi connectivity index (χ0n) is 10.2. The van der Waals surface area contributed by atoms with E-state index in [4.69, 9.17) is 4.74 Å². The van der Waals surface area contributed by atoms with E-state index < -0.39 is 11.4 Å². The maximum atomic E-state index is 13.5. The maximum absolute atomic E-state index is 13.5. The minimum absolute atomic E-state index is 0.0608. The molecular formula is C13H17BrFNO2.